The van der Waals surface area contributed by atoms with Gasteiger partial charge in [0.2, 0.25) is 0 Å². The summed E-state index contributed by atoms with van der Waals surface area (Å²) in [6, 6.07) is 45.1. The first kappa shape index (κ1) is 51.9. The fourth-order valence-corrected chi connectivity index (χ4v) is 10.5. The molecule has 0 atom stereocenters. The molecule has 58 heavy (non-hydrogen) atoms. The molecule has 0 spiro atoms. The Morgan fingerprint density at radius 1 is 0.483 bits per heavy atom. The summed E-state index contributed by atoms with van der Waals surface area (Å²) in [5.74, 6) is 0. The molecular weight excluding hydrogens is 839 g/mol. The van der Waals surface area contributed by atoms with E-state index in [2.05, 4.69) is 142 Å². The van der Waals surface area contributed by atoms with Crippen molar-refractivity contribution in [1.29, 1.82) is 0 Å². The Balaban J connectivity index is 0.000000360. The van der Waals surface area contributed by atoms with Gasteiger partial charge in [-0.15, -0.1) is 93.9 Å². The Bertz CT molecular complexity index is 1850. The summed E-state index contributed by atoms with van der Waals surface area (Å²) in [4.78, 5) is 0. The predicted molar refractivity (Wildman–Crippen MR) is 261 cm³/mol. The number of hydrogen-bond donors (Lipinski definition) is 0. The maximum absolute atomic E-state index is 3.06. The second-order valence-corrected chi connectivity index (χ2v) is 16.8. The third-order valence-corrected chi connectivity index (χ3v) is 12.8. The summed E-state index contributed by atoms with van der Waals surface area (Å²) in [5, 5.41) is 5.66. The van der Waals surface area contributed by atoms with Gasteiger partial charge >= 0.3 is 30.2 Å². The second kappa shape index (κ2) is 26.2. The number of hydrogen-bond acceptors (Lipinski definition) is 0. The molecule has 0 aliphatic heterocycles. The van der Waals surface area contributed by atoms with Crippen molar-refractivity contribution in [1.82, 2.24) is 0 Å². The molecule has 0 amide bonds. The Morgan fingerprint density at radius 3 is 1.16 bits per heavy atom. The number of halogens is 2. The van der Waals surface area contributed by atoms with Gasteiger partial charge in [-0.25, -0.2) is 0 Å². The van der Waals surface area contributed by atoms with E-state index in [0.29, 0.717) is 10.8 Å². The molecule has 0 bridgehead atoms. The Morgan fingerprint density at radius 2 is 0.828 bits per heavy atom. The molecule has 4 heteroatoms. The first-order valence-electron chi connectivity index (χ1n) is 21.3. The quantitative estimate of drug-likeness (QED) is 0.0730. The van der Waals surface area contributed by atoms with Gasteiger partial charge in [-0.2, -0.15) is 12.1 Å². The van der Waals surface area contributed by atoms with Gasteiger partial charge in [0.05, 0.1) is 0 Å². The van der Waals surface area contributed by atoms with Crippen LogP contribution in [0.1, 0.15) is 128 Å². The van der Waals surface area contributed by atoms with Crippen LogP contribution in [-0.2, 0) is 36.2 Å². The third kappa shape index (κ3) is 13.4. The molecule has 2 saturated carbocycles. The molecule has 312 valence electrons. The monoisotopic (exact) mass is 906 g/mol. The summed E-state index contributed by atoms with van der Waals surface area (Å²) in [7, 11) is 0. The minimum absolute atomic E-state index is 0. The van der Waals surface area contributed by atoms with Crippen molar-refractivity contribution in [3.8, 4) is 22.3 Å². The fourth-order valence-electron chi connectivity index (χ4n) is 10.5. The third-order valence-electron chi connectivity index (χ3n) is 12.8. The molecule has 8 rings (SSSR count). The van der Waals surface area contributed by atoms with Crippen LogP contribution in [0.3, 0.4) is 0 Å². The van der Waals surface area contributed by atoms with E-state index >= 15 is 0 Å². The maximum atomic E-state index is 3.06. The minimum atomic E-state index is 0. The Kier molecular flexibility index (Phi) is 23.4. The number of fused-ring (bicyclic) bond motifs is 2. The molecule has 0 nitrogen and oxygen atoms in total. The van der Waals surface area contributed by atoms with Crippen molar-refractivity contribution >= 4 is 53.2 Å². The molecule has 0 aromatic heterocycles. The molecule has 0 heterocycles. The summed E-state index contributed by atoms with van der Waals surface area (Å²) in [5.41, 5.74) is 9.60. The Hall–Kier alpha value is -2.22. The first-order chi connectivity index (χ1) is 26.6. The van der Waals surface area contributed by atoms with E-state index in [1.165, 1.54) is 183 Å². The van der Waals surface area contributed by atoms with Gasteiger partial charge in [-0.3, -0.25) is 0 Å². The molecule has 2 aliphatic carbocycles. The van der Waals surface area contributed by atoms with Crippen LogP contribution in [0.15, 0.2) is 121 Å². The van der Waals surface area contributed by atoms with Crippen molar-refractivity contribution in [2.24, 2.45) is 10.8 Å². The van der Waals surface area contributed by atoms with Gasteiger partial charge in [0.25, 0.3) is 0 Å². The van der Waals surface area contributed by atoms with Crippen LogP contribution in [0.5, 0.6) is 0 Å². The zero-order chi connectivity index (χ0) is 37.6. The van der Waals surface area contributed by atoms with Gasteiger partial charge in [0, 0.05) is 0 Å². The predicted octanol–water partition coefficient (Wildman–Crippen LogP) is 17.2. The van der Waals surface area contributed by atoms with Crippen LogP contribution >= 0.6 is 24.8 Å². The SMILES string of the molecule is CCCC1(Cc2cc3c(-c4ccccc4)cccc3[cH-]2)CCCCCC1.CCCC1(Cc2cc3c(-c4ccccc4)cccc3[cH-]2)CCCCCC1.Cl.Cl.[CH3-].[CH3-].[Si]=[Zr]. The van der Waals surface area contributed by atoms with E-state index in [0.717, 1.165) is 0 Å². The van der Waals surface area contributed by atoms with Gasteiger partial charge in [-0.1, -0.05) is 162 Å². The molecule has 6 aromatic carbocycles. The molecule has 0 N–H and O–H groups in total. The van der Waals surface area contributed by atoms with Crippen molar-refractivity contribution in [3.05, 3.63) is 147 Å². The van der Waals surface area contributed by atoms with Crippen LogP contribution in [0, 0.1) is 25.7 Å². The van der Waals surface area contributed by atoms with Crippen molar-refractivity contribution in [2.75, 3.05) is 0 Å². The van der Waals surface area contributed by atoms with Gasteiger partial charge in [0.15, 0.2) is 0 Å². The average Bonchev–Trinajstić information content (AvgIpc) is 3.64. The van der Waals surface area contributed by atoms with E-state index in [1.54, 1.807) is 11.1 Å². The summed E-state index contributed by atoms with van der Waals surface area (Å²) in [6.45, 7) is 7.79. The van der Waals surface area contributed by atoms with Gasteiger partial charge in [-0.05, 0) is 73.3 Å². The molecule has 0 saturated heterocycles. The van der Waals surface area contributed by atoms with Crippen molar-refractivity contribution < 1.29 is 23.3 Å². The van der Waals surface area contributed by atoms with Crippen LogP contribution in [0.25, 0.3) is 43.8 Å². The molecule has 6 aromatic rings. The second-order valence-electron chi connectivity index (χ2n) is 16.8. The van der Waals surface area contributed by atoms with Crippen molar-refractivity contribution in [3.63, 3.8) is 0 Å². The van der Waals surface area contributed by atoms with E-state index in [-0.39, 0.29) is 39.7 Å². The van der Waals surface area contributed by atoms with E-state index in [9.17, 15) is 0 Å². The summed E-state index contributed by atoms with van der Waals surface area (Å²) < 4.78 is 0. The zero-order valence-corrected chi connectivity index (χ0v) is 41.2. The van der Waals surface area contributed by atoms with Crippen molar-refractivity contribution in [2.45, 2.75) is 129 Å². The molecule has 0 unspecified atom stereocenters. The van der Waals surface area contributed by atoms with Gasteiger partial charge in [0.1, 0.15) is 0 Å². The fraction of sp³-hybridized carbons (Fsp3) is 0.407. The normalized spacial score (nSPS) is 15.5. The summed E-state index contributed by atoms with van der Waals surface area (Å²) in [6.07, 6.45) is 25.1. The Labute approximate surface area is 383 Å². The molecule has 2 aliphatic rings. The van der Waals surface area contributed by atoms with Crippen LogP contribution in [0.2, 0.25) is 0 Å². The molecular formula is C54H70Cl2SiZr-4. The summed E-state index contributed by atoms with van der Waals surface area (Å²) >= 11 is 1.36. The van der Waals surface area contributed by atoms with Crippen LogP contribution in [0.4, 0.5) is 0 Å². The zero-order valence-electron chi connectivity index (χ0n) is 36.1. The van der Waals surface area contributed by atoms with E-state index in [1.807, 2.05) is 0 Å². The average molecular weight is 909 g/mol. The van der Waals surface area contributed by atoms with E-state index < -0.39 is 0 Å². The molecule has 2 radical (unpaired) electrons. The number of rotatable bonds is 10. The topological polar surface area (TPSA) is 0 Å². The van der Waals surface area contributed by atoms with E-state index in [4.69, 9.17) is 0 Å². The first-order valence-corrected chi connectivity index (χ1v) is 25.5. The van der Waals surface area contributed by atoms with Crippen LogP contribution in [-0.4, -0.2) is 6.88 Å². The number of benzene rings is 4. The van der Waals surface area contributed by atoms with Crippen LogP contribution < -0.4 is 0 Å². The van der Waals surface area contributed by atoms with Gasteiger partial charge < -0.3 is 14.9 Å². The standard InChI is InChI=1S/2C26H31.2CH3.2ClH.Si.Zr/c2*1-2-15-26(16-8-3-4-9-17-26)20-21-18-23-13-10-14-24(25(23)19-21)22-11-6-5-7-12-22;;;;;;/h2*5-7,10-14,18-19H,2-4,8-9,15-17,20H2,1H3;2*1H3;2*1H;;/q4*-1;;;;. The molecule has 2 fully saturated rings.